The normalized spacial score (nSPS) is 27.9. The van der Waals surface area contributed by atoms with Gasteiger partial charge in [0.1, 0.15) is 5.75 Å². The number of nitrogens with one attached hydrogen (secondary N) is 1. The molecule has 0 aromatic heterocycles. The van der Waals surface area contributed by atoms with E-state index in [4.69, 9.17) is 5.73 Å². The Kier molecular flexibility index (Phi) is 6.56. The quantitative estimate of drug-likeness (QED) is 0.212. The van der Waals surface area contributed by atoms with Gasteiger partial charge in [-0.25, -0.2) is 4.79 Å². The largest absolute Gasteiger partial charge is 0.507 e. The number of imide groups is 4. The van der Waals surface area contributed by atoms with E-state index in [0.717, 1.165) is 16.1 Å². The fourth-order valence-corrected chi connectivity index (χ4v) is 8.87. The van der Waals surface area contributed by atoms with E-state index in [1.165, 1.54) is 0 Å². The fraction of sp³-hybridized carbons (Fsp3) is 0.237. The number of primary amides is 1. The Balaban J connectivity index is 1.40. The number of amides is 6. The number of rotatable bonds is 4. The molecule has 2 saturated heterocycles. The molecular weight excluding hydrogens is 608 g/mol. The Morgan fingerprint density at radius 3 is 2.23 bits per heavy atom. The van der Waals surface area contributed by atoms with E-state index in [0.29, 0.717) is 32.5 Å². The summed E-state index contributed by atoms with van der Waals surface area (Å²) in [5.41, 5.74) is 10.8. The van der Waals surface area contributed by atoms with Crippen LogP contribution >= 0.6 is 0 Å². The minimum absolute atomic E-state index is 0.0647. The number of likely N-dealkylation sites (tertiary alicyclic amines) is 1. The van der Waals surface area contributed by atoms with Crippen LogP contribution in [0.4, 0.5) is 10.5 Å². The van der Waals surface area contributed by atoms with Crippen molar-refractivity contribution in [2.45, 2.75) is 31.1 Å². The smallest absolute Gasteiger partial charge is 0.328 e. The average Bonchev–Trinajstić information content (AvgIpc) is 3.47. The van der Waals surface area contributed by atoms with E-state index in [9.17, 15) is 24.3 Å². The van der Waals surface area contributed by atoms with E-state index in [1.807, 2.05) is 73.7 Å². The molecule has 0 radical (unpaired) electrons. The van der Waals surface area contributed by atoms with Crippen molar-refractivity contribution in [3.63, 3.8) is 0 Å². The number of hydrogen-bond donors (Lipinski definition) is 3. The summed E-state index contributed by atoms with van der Waals surface area (Å²) in [5.74, 6) is -6.26. The van der Waals surface area contributed by atoms with Gasteiger partial charge in [0.05, 0.1) is 28.9 Å². The second-order valence-electron chi connectivity index (χ2n) is 13.2. The predicted octanol–water partition coefficient (Wildman–Crippen LogP) is 4.92. The van der Waals surface area contributed by atoms with Gasteiger partial charge in [0.2, 0.25) is 11.8 Å². The lowest BCUT2D eigenvalue weighted by atomic mass is 9.49. The highest BCUT2D eigenvalue weighted by molar-refractivity contribution is 6.17. The van der Waals surface area contributed by atoms with Crippen LogP contribution in [0.15, 0.2) is 103 Å². The average molecular weight is 641 g/mol. The molecule has 10 nitrogen and oxygen atoms in total. The summed E-state index contributed by atoms with van der Waals surface area (Å²) >= 11 is 0. The minimum Gasteiger partial charge on any atom is -0.507 e. The van der Waals surface area contributed by atoms with Crippen LogP contribution in [0.25, 0.3) is 10.8 Å². The first-order chi connectivity index (χ1) is 23.1. The van der Waals surface area contributed by atoms with Gasteiger partial charge in [-0.1, -0.05) is 90.0 Å². The van der Waals surface area contributed by atoms with Crippen LogP contribution in [0.1, 0.15) is 35.4 Å². The lowest BCUT2D eigenvalue weighted by molar-refractivity contribution is -0.139. The van der Waals surface area contributed by atoms with Gasteiger partial charge in [0.15, 0.2) is 0 Å². The number of phenols is 1. The first-order valence-electron chi connectivity index (χ1n) is 16.0. The molecule has 4 aromatic rings. The van der Waals surface area contributed by atoms with Crippen LogP contribution in [-0.4, -0.2) is 44.7 Å². The molecule has 10 heteroatoms. The first-order valence-corrected chi connectivity index (χ1v) is 16.0. The maximum atomic E-state index is 15.3. The third-order valence-electron chi connectivity index (χ3n) is 10.9. The number of carbonyl (C=O) groups excluding carboxylic acids is 5. The number of carbonyl (C=O) groups is 5. The third-order valence-corrected chi connectivity index (χ3v) is 10.9. The van der Waals surface area contributed by atoms with Gasteiger partial charge in [-0.3, -0.25) is 24.6 Å². The van der Waals surface area contributed by atoms with Crippen LogP contribution in [-0.2, 0) is 24.6 Å². The molecule has 4 aliphatic rings. The van der Waals surface area contributed by atoms with Gasteiger partial charge in [-0.05, 0) is 60.4 Å². The Labute approximate surface area is 275 Å². The van der Waals surface area contributed by atoms with Crippen LogP contribution in [0.5, 0.6) is 5.75 Å². The second kappa shape index (κ2) is 10.6. The predicted molar refractivity (Wildman–Crippen MR) is 176 cm³/mol. The number of urea groups is 1. The molecule has 6 amide bonds. The number of hydrazine groups is 1. The maximum absolute atomic E-state index is 15.3. The molecule has 240 valence electrons. The number of phenolic OH excluding ortho intramolecular Hbond substituents is 1. The lowest BCUT2D eigenvalue weighted by Crippen LogP contribution is -2.53. The molecule has 0 bridgehead atoms. The Morgan fingerprint density at radius 1 is 0.833 bits per heavy atom. The number of aromatic hydroxyl groups is 1. The van der Waals surface area contributed by atoms with Crippen molar-refractivity contribution in [2.24, 2.45) is 29.4 Å². The van der Waals surface area contributed by atoms with Gasteiger partial charge in [0, 0.05) is 11.3 Å². The van der Waals surface area contributed by atoms with Gasteiger partial charge in [-0.15, -0.1) is 0 Å². The number of hydrogen-bond acceptors (Lipinski definition) is 7. The molecule has 0 spiro atoms. The summed E-state index contributed by atoms with van der Waals surface area (Å²) in [6.07, 6.45) is 2.18. The van der Waals surface area contributed by atoms with Crippen molar-refractivity contribution in [2.75, 3.05) is 5.43 Å². The monoisotopic (exact) mass is 640 g/mol. The van der Waals surface area contributed by atoms with Crippen molar-refractivity contribution in [1.82, 2.24) is 9.91 Å². The number of benzene rings is 4. The maximum Gasteiger partial charge on any atom is 0.328 e. The van der Waals surface area contributed by atoms with Crippen molar-refractivity contribution in [1.29, 1.82) is 0 Å². The Bertz CT molecular complexity index is 2090. The van der Waals surface area contributed by atoms with E-state index in [2.05, 4.69) is 5.43 Å². The molecule has 6 unspecified atom stereocenters. The highest BCUT2D eigenvalue weighted by Gasteiger charge is 2.70. The van der Waals surface area contributed by atoms with E-state index >= 15 is 4.79 Å². The number of nitrogens with zero attached hydrogens (tertiary/aromatic N) is 2. The first kappa shape index (κ1) is 29.6. The van der Waals surface area contributed by atoms with E-state index < -0.39 is 64.7 Å². The Morgan fingerprint density at radius 2 is 1.52 bits per heavy atom. The molecular formula is C38H32N4O6. The van der Waals surface area contributed by atoms with Gasteiger partial charge >= 0.3 is 6.03 Å². The number of anilines is 1. The van der Waals surface area contributed by atoms with Gasteiger partial charge in [0.25, 0.3) is 11.8 Å². The van der Waals surface area contributed by atoms with Gasteiger partial charge in [-0.2, -0.15) is 9.91 Å². The summed E-state index contributed by atoms with van der Waals surface area (Å²) < 4.78 is 0. The summed E-state index contributed by atoms with van der Waals surface area (Å²) in [4.78, 5) is 70.0. The van der Waals surface area contributed by atoms with Crippen molar-refractivity contribution in [3.8, 4) is 5.75 Å². The van der Waals surface area contributed by atoms with Crippen LogP contribution in [0.3, 0.4) is 0 Å². The molecule has 4 aromatic carbocycles. The number of fused-ring (bicyclic) bond motifs is 5. The molecule has 1 saturated carbocycles. The highest BCUT2D eigenvalue weighted by Crippen LogP contribution is 2.64. The SMILES string of the molecule is Cc1ccc(NN2C(=O)C3CC4C(=CCC5C(=O)N(C(N)=O)C(=O)C54)C(c4ccc(O)c5ccccc45)C3(c3ccccc3)C2=O)cc1. The third kappa shape index (κ3) is 3.95. The van der Waals surface area contributed by atoms with Crippen molar-refractivity contribution < 1.29 is 29.1 Å². The van der Waals surface area contributed by atoms with Crippen LogP contribution in [0.2, 0.25) is 0 Å². The standard InChI is InChI=1S/C38H32N4O6/c1-20-11-13-22(14-12-20)40-42-34(45)29-19-28-26(15-16-27-31(28)35(46)41(33(27)44)37(39)48)32(38(29,36(42)47)21-7-3-2-4-8-21)25-17-18-30(43)24-10-6-5-9-23(24)25/h2-15,17-18,27-29,31-32,40,43H,16,19H2,1H3,(H2,39,48). The summed E-state index contributed by atoms with van der Waals surface area (Å²) in [5, 5.41) is 13.3. The molecule has 8 rings (SSSR count). The molecule has 2 aliphatic heterocycles. The lowest BCUT2D eigenvalue weighted by Gasteiger charge is -2.51. The molecule has 3 fully saturated rings. The molecule has 6 atom stereocenters. The zero-order chi connectivity index (χ0) is 33.5. The molecule has 2 aliphatic carbocycles. The highest BCUT2D eigenvalue weighted by atomic mass is 16.3. The van der Waals surface area contributed by atoms with Gasteiger partial charge < -0.3 is 10.8 Å². The van der Waals surface area contributed by atoms with E-state index in [1.54, 1.807) is 30.3 Å². The van der Waals surface area contributed by atoms with E-state index in [-0.39, 0.29) is 18.6 Å². The molecule has 2 heterocycles. The Hall–Kier alpha value is -5.77. The zero-order valence-corrected chi connectivity index (χ0v) is 26.0. The topological polar surface area (TPSA) is 150 Å². The minimum atomic E-state index is -1.46. The fourth-order valence-electron chi connectivity index (χ4n) is 8.87. The van der Waals surface area contributed by atoms with Crippen LogP contribution in [0, 0.1) is 30.6 Å². The summed E-state index contributed by atoms with van der Waals surface area (Å²) in [6.45, 7) is 1.94. The van der Waals surface area contributed by atoms with Crippen molar-refractivity contribution >= 4 is 46.1 Å². The summed E-state index contributed by atoms with van der Waals surface area (Å²) in [6, 6.07) is 26.2. The zero-order valence-electron chi connectivity index (χ0n) is 26.0. The van der Waals surface area contributed by atoms with Crippen molar-refractivity contribution in [3.05, 3.63) is 119 Å². The number of allylic oxidation sites excluding steroid dienone is 2. The number of nitrogens with two attached hydrogens (primary N) is 1. The summed E-state index contributed by atoms with van der Waals surface area (Å²) in [7, 11) is 0. The molecule has 4 N–H and O–H groups in total. The second-order valence-corrected chi connectivity index (χ2v) is 13.2. The van der Waals surface area contributed by atoms with Crippen LogP contribution < -0.4 is 11.2 Å². The molecule has 48 heavy (non-hydrogen) atoms. The number of aryl methyl sites for hydroxylation is 1.